The van der Waals surface area contributed by atoms with Crippen molar-refractivity contribution in [3.05, 3.63) is 53.1 Å². The topological polar surface area (TPSA) is 66.6 Å². The third-order valence-electron chi connectivity index (χ3n) is 4.32. The van der Waals surface area contributed by atoms with Crippen LogP contribution < -0.4 is 5.32 Å². The van der Waals surface area contributed by atoms with Crippen molar-refractivity contribution in [3.63, 3.8) is 0 Å². The van der Waals surface area contributed by atoms with Crippen LogP contribution in [0.25, 0.3) is 16.8 Å². The fourth-order valence-corrected chi connectivity index (χ4v) is 3.03. The van der Waals surface area contributed by atoms with Gasteiger partial charge in [0.2, 0.25) is 5.91 Å². The zero-order valence-electron chi connectivity index (χ0n) is 13.2. The third kappa shape index (κ3) is 2.99. The normalized spacial score (nSPS) is 14.0. The molecule has 0 spiro atoms. The summed E-state index contributed by atoms with van der Waals surface area (Å²) in [5.41, 5.74) is 2.42. The lowest BCUT2D eigenvalue weighted by atomic mass is 10.0. The van der Waals surface area contributed by atoms with Crippen LogP contribution in [0.1, 0.15) is 18.4 Å². The first-order valence-electron chi connectivity index (χ1n) is 7.94. The number of aliphatic hydroxyl groups is 1. The molecule has 1 aliphatic carbocycles. The summed E-state index contributed by atoms with van der Waals surface area (Å²) < 4.78 is 15.4. The number of benzene rings is 1. The Bertz CT molecular complexity index is 982. The number of hydrogen-bond acceptors (Lipinski definition) is 3. The summed E-state index contributed by atoms with van der Waals surface area (Å²) in [6, 6.07) is 6.47. The number of halogens is 2. The molecule has 128 valence electrons. The maximum atomic E-state index is 13.6. The molecule has 5 nitrogen and oxygen atoms in total. The van der Waals surface area contributed by atoms with E-state index in [0.717, 1.165) is 18.4 Å². The minimum Gasteiger partial charge on any atom is -0.392 e. The van der Waals surface area contributed by atoms with Crippen molar-refractivity contribution in [2.45, 2.75) is 19.4 Å². The molecule has 0 saturated heterocycles. The SMILES string of the molecule is O=C(Nc1cn2cc(-c3ccc(F)c(Cl)c3CO)ccc2n1)C1CC1. The molecule has 1 aliphatic rings. The summed E-state index contributed by atoms with van der Waals surface area (Å²) in [7, 11) is 0. The predicted molar refractivity (Wildman–Crippen MR) is 92.9 cm³/mol. The van der Waals surface area contributed by atoms with Gasteiger partial charge in [-0.15, -0.1) is 0 Å². The van der Waals surface area contributed by atoms with Gasteiger partial charge in [0, 0.05) is 17.7 Å². The zero-order valence-corrected chi connectivity index (χ0v) is 13.9. The minimum absolute atomic E-state index is 0.00323. The molecule has 3 aromatic rings. The predicted octanol–water partition coefficient (Wildman–Crippen LogP) is 3.63. The van der Waals surface area contributed by atoms with E-state index in [-0.39, 0.29) is 23.5 Å². The minimum atomic E-state index is -0.566. The van der Waals surface area contributed by atoms with E-state index in [0.29, 0.717) is 22.6 Å². The summed E-state index contributed by atoms with van der Waals surface area (Å²) in [5, 5.41) is 12.3. The Kier molecular flexibility index (Phi) is 3.94. The molecule has 2 heterocycles. The number of aromatic nitrogens is 2. The van der Waals surface area contributed by atoms with Crippen LogP contribution in [0.2, 0.25) is 5.02 Å². The number of nitrogens with one attached hydrogen (secondary N) is 1. The van der Waals surface area contributed by atoms with Crippen molar-refractivity contribution in [1.29, 1.82) is 0 Å². The molecule has 2 N–H and O–H groups in total. The van der Waals surface area contributed by atoms with Gasteiger partial charge in [0.25, 0.3) is 0 Å². The first-order chi connectivity index (χ1) is 12.1. The molecule has 1 fully saturated rings. The number of rotatable bonds is 4. The molecular weight excluding hydrogens is 345 g/mol. The average molecular weight is 360 g/mol. The molecule has 0 aliphatic heterocycles. The largest absolute Gasteiger partial charge is 0.392 e. The Balaban J connectivity index is 1.71. The van der Waals surface area contributed by atoms with Crippen LogP contribution in [-0.4, -0.2) is 20.4 Å². The van der Waals surface area contributed by atoms with Crippen molar-refractivity contribution in [2.75, 3.05) is 5.32 Å². The number of carbonyl (C=O) groups is 1. The van der Waals surface area contributed by atoms with Gasteiger partial charge in [-0.1, -0.05) is 17.7 Å². The van der Waals surface area contributed by atoms with Crippen LogP contribution in [0.3, 0.4) is 0 Å². The molecule has 4 rings (SSSR count). The van der Waals surface area contributed by atoms with Gasteiger partial charge in [0.15, 0.2) is 5.82 Å². The summed E-state index contributed by atoms with van der Waals surface area (Å²) >= 11 is 5.96. The number of carbonyl (C=O) groups excluding carboxylic acids is 1. The number of fused-ring (bicyclic) bond motifs is 1. The van der Waals surface area contributed by atoms with Gasteiger partial charge in [-0.05, 0) is 42.2 Å². The van der Waals surface area contributed by atoms with Gasteiger partial charge < -0.3 is 14.8 Å². The van der Waals surface area contributed by atoms with E-state index in [9.17, 15) is 14.3 Å². The maximum absolute atomic E-state index is 13.6. The number of imidazole rings is 1. The van der Waals surface area contributed by atoms with E-state index in [1.807, 2.05) is 6.07 Å². The highest BCUT2D eigenvalue weighted by Gasteiger charge is 2.30. The quantitative estimate of drug-likeness (QED) is 0.747. The van der Waals surface area contributed by atoms with Crippen molar-refractivity contribution >= 4 is 29.0 Å². The van der Waals surface area contributed by atoms with Crippen LogP contribution in [-0.2, 0) is 11.4 Å². The summed E-state index contributed by atoms with van der Waals surface area (Å²) in [5.74, 6) is 0.0298. The second kappa shape index (κ2) is 6.13. The highest BCUT2D eigenvalue weighted by atomic mass is 35.5. The highest BCUT2D eigenvalue weighted by Crippen LogP contribution is 2.32. The monoisotopic (exact) mass is 359 g/mol. The summed E-state index contributed by atoms with van der Waals surface area (Å²) in [4.78, 5) is 16.2. The van der Waals surface area contributed by atoms with Gasteiger partial charge >= 0.3 is 0 Å². The number of pyridine rings is 1. The Hall–Kier alpha value is -2.44. The van der Waals surface area contributed by atoms with E-state index in [1.165, 1.54) is 6.07 Å². The fraction of sp³-hybridized carbons (Fsp3) is 0.222. The first kappa shape index (κ1) is 16.1. The fourth-order valence-electron chi connectivity index (χ4n) is 2.80. The molecule has 1 amide bonds. The molecule has 1 aromatic carbocycles. The average Bonchev–Trinajstić information content (AvgIpc) is 3.37. The van der Waals surface area contributed by atoms with Crippen LogP contribution in [0, 0.1) is 11.7 Å². The number of amides is 1. The maximum Gasteiger partial charge on any atom is 0.228 e. The van der Waals surface area contributed by atoms with Crippen molar-refractivity contribution in [1.82, 2.24) is 9.38 Å². The number of nitrogens with zero attached hydrogens (tertiary/aromatic N) is 2. The Labute approximate surface area is 148 Å². The number of hydrogen-bond donors (Lipinski definition) is 2. The Morgan fingerprint density at radius 3 is 2.84 bits per heavy atom. The third-order valence-corrected chi connectivity index (χ3v) is 4.72. The molecule has 7 heteroatoms. The van der Waals surface area contributed by atoms with Crippen LogP contribution in [0.5, 0.6) is 0 Å². The Morgan fingerprint density at radius 1 is 1.32 bits per heavy atom. The Morgan fingerprint density at radius 2 is 2.12 bits per heavy atom. The van der Waals surface area contributed by atoms with Crippen molar-refractivity contribution in [2.24, 2.45) is 5.92 Å². The van der Waals surface area contributed by atoms with E-state index < -0.39 is 5.82 Å². The lowest BCUT2D eigenvalue weighted by Crippen LogP contribution is -2.13. The van der Waals surface area contributed by atoms with Gasteiger partial charge in [-0.2, -0.15) is 0 Å². The number of aliphatic hydroxyl groups excluding tert-OH is 1. The molecule has 0 bridgehead atoms. The summed E-state index contributed by atoms with van der Waals surface area (Å²) in [6.45, 7) is -0.364. The van der Waals surface area contributed by atoms with E-state index >= 15 is 0 Å². The molecule has 0 atom stereocenters. The van der Waals surface area contributed by atoms with Crippen LogP contribution in [0.4, 0.5) is 10.2 Å². The summed E-state index contributed by atoms with van der Waals surface area (Å²) in [6.07, 6.45) is 5.39. The second-order valence-corrected chi connectivity index (χ2v) is 6.50. The van der Waals surface area contributed by atoms with E-state index in [2.05, 4.69) is 10.3 Å². The van der Waals surface area contributed by atoms with Gasteiger partial charge in [0.1, 0.15) is 11.5 Å². The van der Waals surface area contributed by atoms with Gasteiger partial charge in [-0.25, -0.2) is 9.37 Å². The van der Waals surface area contributed by atoms with Crippen LogP contribution in [0.15, 0.2) is 36.7 Å². The molecule has 25 heavy (non-hydrogen) atoms. The van der Waals surface area contributed by atoms with E-state index in [1.54, 1.807) is 28.9 Å². The van der Waals surface area contributed by atoms with Crippen molar-refractivity contribution in [3.8, 4) is 11.1 Å². The van der Waals surface area contributed by atoms with Crippen LogP contribution >= 0.6 is 11.6 Å². The lowest BCUT2D eigenvalue weighted by Gasteiger charge is -2.10. The molecular formula is C18H15ClFN3O2. The molecule has 1 saturated carbocycles. The van der Waals surface area contributed by atoms with Crippen molar-refractivity contribution < 1.29 is 14.3 Å². The standard InChI is InChI=1S/C18H15ClFN3O2/c19-17-13(9-24)12(4-5-14(17)20)11-3-6-16-21-15(8-23(16)7-11)22-18(25)10-1-2-10/h3-8,10,24H,1-2,9H2,(H,22,25). The smallest absolute Gasteiger partial charge is 0.228 e. The molecule has 2 aromatic heterocycles. The first-order valence-corrected chi connectivity index (χ1v) is 8.32. The van der Waals surface area contributed by atoms with Gasteiger partial charge in [-0.3, -0.25) is 4.79 Å². The molecule has 0 unspecified atom stereocenters. The lowest BCUT2D eigenvalue weighted by molar-refractivity contribution is -0.117. The second-order valence-electron chi connectivity index (χ2n) is 6.12. The number of anilines is 1. The highest BCUT2D eigenvalue weighted by molar-refractivity contribution is 6.31. The zero-order chi connectivity index (χ0) is 17.6. The van der Waals surface area contributed by atoms with Gasteiger partial charge in [0.05, 0.1) is 17.8 Å². The van der Waals surface area contributed by atoms with E-state index in [4.69, 9.17) is 11.6 Å². The molecule has 0 radical (unpaired) electrons.